The molecule has 0 saturated carbocycles. The van der Waals surface area contributed by atoms with Gasteiger partial charge in [-0.05, 0) is 151 Å². The number of benzene rings is 2. The molecule has 0 aliphatic heterocycles. The Morgan fingerprint density at radius 3 is 0.661 bits per heavy atom. The van der Waals surface area contributed by atoms with E-state index in [0.717, 1.165) is 9.79 Å². The van der Waals surface area contributed by atoms with E-state index in [1.807, 2.05) is 0 Å². The summed E-state index contributed by atoms with van der Waals surface area (Å²) in [5, 5.41) is 17.6. The molecule has 2 aromatic rings. The number of carbonyl (C=O) groups is 2. The van der Waals surface area contributed by atoms with Crippen molar-refractivity contribution < 1.29 is 28.8 Å². The van der Waals surface area contributed by atoms with Gasteiger partial charge in [-0.1, -0.05) is 128 Å². The van der Waals surface area contributed by atoms with Crippen LogP contribution < -0.4 is 0 Å². The molecule has 2 N–H and O–H groups in total. The zero-order valence-corrected chi connectivity index (χ0v) is 43.3. The van der Waals surface area contributed by atoms with Gasteiger partial charge in [-0.25, -0.2) is 9.59 Å². The highest BCUT2D eigenvalue weighted by Crippen LogP contribution is 2.37. The van der Waals surface area contributed by atoms with Crippen LogP contribution in [0, 0.1) is 0 Å². The van der Waals surface area contributed by atoms with E-state index < -0.39 is 11.9 Å². The number of carboxylic acids is 2. The largest absolute Gasteiger partial charge is 0.478 e. The summed E-state index contributed by atoms with van der Waals surface area (Å²) >= 11 is 0. The maximum atomic E-state index is 10.7. The molecular formula is C54H98N2O4S2+2. The number of nitrogens with zero attached hydrogens (tertiary/aromatic N) is 2. The molecular weight excluding hydrogens is 805 g/mol. The highest BCUT2D eigenvalue weighted by Gasteiger charge is 2.26. The van der Waals surface area contributed by atoms with Crippen molar-refractivity contribution in [2.75, 3.05) is 52.4 Å². The Labute approximate surface area is 391 Å². The molecule has 0 atom stereocenters. The van der Waals surface area contributed by atoms with Gasteiger partial charge in [-0.15, -0.1) is 0 Å². The molecule has 6 nitrogen and oxygen atoms in total. The Bertz CT molecular complexity index is 1130. The van der Waals surface area contributed by atoms with Crippen LogP contribution in [0.3, 0.4) is 0 Å². The van der Waals surface area contributed by atoms with Gasteiger partial charge in [0.15, 0.2) is 0 Å². The normalized spacial score (nSPS) is 11.4. The van der Waals surface area contributed by atoms with Crippen molar-refractivity contribution in [3.63, 3.8) is 0 Å². The Balaban J connectivity index is 0.000000900. The number of hydrogen-bond acceptors (Lipinski definition) is 4. The third-order valence-electron chi connectivity index (χ3n) is 12.3. The predicted octanol–water partition coefficient (Wildman–Crippen LogP) is 17.0. The van der Waals surface area contributed by atoms with Gasteiger partial charge in [-0.3, -0.25) is 0 Å². The van der Waals surface area contributed by atoms with Crippen LogP contribution in [-0.2, 0) is 0 Å². The Kier molecular flexibility index (Phi) is 39.2. The molecule has 62 heavy (non-hydrogen) atoms. The van der Waals surface area contributed by atoms with Crippen LogP contribution in [0.1, 0.15) is 230 Å². The molecule has 0 fully saturated rings. The lowest BCUT2D eigenvalue weighted by Gasteiger charge is -2.39. The Hall–Kier alpha value is -2.00. The molecule has 0 radical (unpaired) electrons. The number of hydrogen-bond donors (Lipinski definition) is 2. The molecule has 8 heteroatoms. The van der Waals surface area contributed by atoms with Crippen LogP contribution in [0.4, 0.5) is 0 Å². The fourth-order valence-corrected chi connectivity index (χ4v) is 10.3. The number of rotatable bonds is 37. The van der Waals surface area contributed by atoms with Gasteiger partial charge >= 0.3 is 11.9 Å². The molecule has 2 aromatic carbocycles. The summed E-state index contributed by atoms with van der Waals surface area (Å²) in [6, 6.07) is 13.2. The first-order valence-corrected chi connectivity index (χ1v) is 27.9. The average Bonchev–Trinajstić information content (AvgIpc) is 3.27. The second-order valence-corrected chi connectivity index (χ2v) is 20.2. The SMILES string of the molecule is CCCCC[N+](CCCCC)(CCCCC)CCCCC.CCCCC[N+](CCCCC)(CCCCC)CCCCC.O=C(O)c1ccc(SSc2ccc(C(=O)O)cc2)cc1. The summed E-state index contributed by atoms with van der Waals surface area (Å²) in [4.78, 5) is 23.3. The van der Waals surface area contributed by atoms with Crippen molar-refractivity contribution in [2.24, 2.45) is 0 Å². The first-order chi connectivity index (χ1) is 30.0. The third-order valence-corrected chi connectivity index (χ3v) is 14.7. The van der Waals surface area contributed by atoms with E-state index in [1.165, 1.54) is 237 Å². The van der Waals surface area contributed by atoms with Crippen molar-refractivity contribution in [3.8, 4) is 0 Å². The summed E-state index contributed by atoms with van der Waals surface area (Å²) in [5.41, 5.74) is 0.510. The van der Waals surface area contributed by atoms with Gasteiger partial charge in [-0.2, -0.15) is 0 Å². The lowest BCUT2D eigenvalue weighted by Crippen LogP contribution is -2.50. The third kappa shape index (κ3) is 30.2. The standard InChI is InChI=1S/2C20H44N.C14H10O4S2/c2*1-5-9-13-17-21(18-14-10-6-2,19-15-11-7-3)20-16-12-8-4;15-13(16)9-1-5-11(6-2-9)19-20-12-7-3-10(4-8-12)14(17)18/h2*5-20H2,1-4H3;1-8H,(H,15,16)(H,17,18)/q2*+1;. The molecule has 0 amide bonds. The minimum Gasteiger partial charge on any atom is -0.478 e. The molecule has 0 saturated heterocycles. The van der Waals surface area contributed by atoms with E-state index in [-0.39, 0.29) is 11.1 Å². The minimum absolute atomic E-state index is 0.255. The van der Waals surface area contributed by atoms with Gasteiger partial charge in [0.2, 0.25) is 0 Å². The van der Waals surface area contributed by atoms with Gasteiger partial charge < -0.3 is 19.2 Å². The number of quaternary nitrogens is 2. The fraction of sp³-hybridized carbons (Fsp3) is 0.741. The second-order valence-electron chi connectivity index (χ2n) is 18.0. The van der Waals surface area contributed by atoms with Crippen molar-refractivity contribution >= 4 is 33.5 Å². The van der Waals surface area contributed by atoms with E-state index in [9.17, 15) is 9.59 Å². The smallest absolute Gasteiger partial charge is 0.335 e. The first kappa shape index (κ1) is 60.0. The lowest BCUT2D eigenvalue weighted by molar-refractivity contribution is -0.929. The summed E-state index contributed by atoms with van der Waals surface area (Å²) in [6.07, 6.45) is 33.8. The van der Waals surface area contributed by atoms with E-state index >= 15 is 0 Å². The molecule has 0 aliphatic rings. The quantitative estimate of drug-likeness (QED) is 0.0400. The van der Waals surface area contributed by atoms with Crippen LogP contribution in [0.5, 0.6) is 0 Å². The van der Waals surface area contributed by atoms with Gasteiger partial charge in [0.25, 0.3) is 0 Å². The van der Waals surface area contributed by atoms with Crippen molar-refractivity contribution in [3.05, 3.63) is 59.7 Å². The average molecular weight is 904 g/mol. The van der Waals surface area contributed by atoms with Gasteiger partial charge in [0, 0.05) is 9.79 Å². The summed E-state index contributed by atoms with van der Waals surface area (Å²) in [6.45, 7) is 30.3. The highest BCUT2D eigenvalue weighted by molar-refractivity contribution is 8.76. The molecule has 0 spiro atoms. The second kappa shape index (κ2) is 40.5. The number of carboxylic acid groups (broad SMARTS) is 2. The maximum absolute atomic E-state index is 10.7. The molecule has 2 rings (SSSR count). The molecule has 0 unspecified atom stereocenters. The van der Waals surface area contributed by atoms with Crippen LogP contribution in [0.25, 0.3) is 0 Å². The molecule has 0 aliphatic carbocycles. The van der Waals surface area contributed by atoms with Gasteiger partial charge in [0.1, 0.15) is 0 Å². The van der Waals surface area contributed by atoms with Crippen LogP contribution in [0.15, 0.2) is 58.3 Å². The van der Waals surface area contributed by atoms with Gasteiger partial charge in [0.05, 0.1) is 63.5 Å². The lowest BCUT2D eigenvalue weighted by atomic mass is 10.1. The summed E-state index contributed by atoms with van der Waals surface area (Å²) < 4.78 is 2.89. The van der Waals surface area contributed by atoms with Crippen LogP contribution >= 0.6 is 21.6 Å². The van der Waals surface area contributed by atoms with Crippen molar-refractivity contribution in [2.45, 2.75) is 219 Å². The minimum atomic E-state index is -0.946. The molecule has 0 bridgehead atoms. The molecule has 0 heterocycles. The van der Waals surface area contributed by atoms with E-state index in [0.29, 0.717) is 0 Å². The van der Waals surface area contributed by atoms with Crippen LogP contribution in [0.2, 0.25) is 0 Å². The van der Waals surface area contributed by atoms with Crippen LogP contribution in [-0.4, -0.2) is 83.5 Å². The van der Waals surface area contributed by atoms with Crippen molar-refractivity contribution in [1.82, 2.24) is 0 Å². The van der Waals surface area contributed by atoms with E-state index in [4.69, 9.17) is 10.2 Å². The maximum Gasteiger partial charge on any atom is 0.335 e. The van der Waals surface area contributed by atoms with E-state index in [2.05, 4.69) is 55.4 Å². The first-order valence-electron chi connectivity index (χ1n) is 25.8. The van der Waals surface area contributed by atoms with E-state index in [1.54, 1.807) is 48.5 Å². The highest BCUT2D eigenvalue weighted by atomic mass is 33.1. The fourth-order valence-electron chi connectivity index (χ4n) is 8.32. The Morgan fingerprint density at radius 1 is 0.339 bits per heavy atom. The zero-order chi connectivity index (χ0) is 46.2. The number of aromatic carboxylic acids is 2. The topological polar surface area (TPSA) is 74.6 Å². The summed E-state index contributed by atoms with van der Waals surface area (Å²) in [7, 11) is 2.97. The zero-order valence-electron chi connectivity index (χ0n) is 41.7. The summed E-state index contributed by atoms with van der Waals surface area (Å²) in [5.74, 6) is -1.89. The molecule has 358 valence electrons. The monoisotopic (exact) mass is 903 g/mol. The Morgan fingerprint density at radius 2 is 0.516 bits per heavy atom. The van der Waals surface area contributed by atoms with Crippen molar-refractivity contribution in [1.29, 1.82) is 0 Å². The number of unbranched alkanes of at least 4 members (excludes halogenated alkanes) is 16. The predicted molar refractivity (Wildman–Crippen MR) is 274 cm³/mol. The molecule has 0 aromatic heterocycles.